The van der Waals surface area contributed by atoms with Crippen molar-refractivity contribution in [3.8, 4) is 0 Å². The number of imide groups is 1. The zero-order valence-electron chi connectivity index (χ0n) is 9.32. The van der Waals surface area contributed by atoms with Crippen LogP contribution in [0.4, 0.5) is 0 Å². The summed E-state index contributed by atoms with van der Waals surface area (Å²) >= 11 is 1.65. The minimum absolute atomic E-state index is 0.107. The van der Waals surface area contributed by atoms with Crippen LogP contribution in [0.2, 0.25) is 0 Å². The second kappa shape index (κ2) is 4.35. The van der Waals surface area contributed by atoms with Gasteiger partial charge in [-0.3, -0.25) is 14.5 Å². The molecular formula is C11H14N2O2S. The summed E-state index contributed by atoms with van der Waals surface area (Å²) in [5, 5.41) is 7.27. The summed E-state index contributed by atoms with van der Waals surface area (Å²) < 4.78 is 0. The topological polar surface area (TPSA) is 49.4 Å². The van der Waals surface area contributed by atoms with E-state index in [-0.39, 0.29) is 24.3 Å². The van der Waals surface area contributed by atoms with Gasteiger partial charge in [-0.05, 0) is 28.8 Å². The van der Waals surface area contributed by atoms with Gasteiger partial charge in [0.2, 0.25) is 11.8 Å². The van der Waals surface area contributed by atoms with Gasteiger partial charge in [-0.15, -0.1) is 0 Å². The highest BCUT2D eigenvalue weighted by Crippen LogP contribution is 2.15. The molecule has 0 saturated carbocycles. The molecule has 1 aromatic heterocycles. The quantitative estimate of drug-likeness (QED) is 0.796. The lowest BCUT2D eigenvalue weighted by molar-refractivity contribution is -0.137. The van der Waals surface area contributed by atoms with Crippen LogP contribution >= 0.6 is 11.3 Å². The highest BCUT2D eigenvalue weighted by molar-refractivity contribution is 7.08. The van der Waals surface area contributed by atoms with E-state index in [1.54, 1.807) is 11.3 Å². The summed E-state index contributed by atoms with van der Waals surface area (Å²) in [5.41, 5.74) is 2.42. The average molecular weight is 238 g/mol. The van der Waals surface area contributed by atoms with E-state index in [1.165, 1.54) is 23.1 Å². The normalized spacial score (nSPS) is 20.9. The molecule has 0 aromatic carbocycles. The molecule has 0 bridgehead atoms. The molecule has 1 aliphatic heterocycles. The molecule has 1 saturated heterocycles. The average Bonchev–Trinajstić information content (AvgIpc) is 2.76. The molecule has 0 aliphatic carbocycles. The van der Waals surface area contributed by atoms with Crippen LogP contribution < -0.4 is 5.32 Å². The smallest absolute Gasteiger partial charge is 0.246 e. The number of hydrogen-bond acceptors (Lipinski definition) is 4. The summed E-state index contributed by atoms with van der Waals surface area (Å²) in [5.74, 6) is -0.234. The molecule has 86 valence electrons. The zero-order valence-corrected chi connectivity index (χ0v) is 10.1. The van der Waals surface area contributed by atoms with Crippen LogP contribution in [0.25, 0.3) is 0 Å². The van der Waals surface area contributed by atoms with Crippen molar-refractivity contribution < 1.29 is 9.59 Å². The van der Waals surface area contributed by atoms with Crippen molar-refractivity contribution in [3.05, 3.63) is 21.9 Å². The van der Waals surface area contributed by atoms with Crippen molar-refractivity contribution in [1.82, 2.24) is 10.2 Å². The Hall–Kier alpha value is -1.20. The maximum atomic E-state index is 11.6. The Morgan fingerprint density at radius 1 is 1.50 bits per heavy atom. The van der Waals surface area contributed by atoms with E-state index in [2.05, 4.69) is 16.1 Å². The summed E-state index contributed by atoms with van der Waals surface area (Å²) in [4.78, 5) is 24.1. The number of likely N-dealkylation sites (tertiary alicyclic amines) is 1. The monoisotopic (exact) mass is 238 g/mol. The van der Waals surface area contributed by atoms with Gasteiger partial charge in [-0.2, -0.15) is 11.3 Å². The molecule has 0 spiro atoms. The van der Waals surface area contributed by atoms with Gasteiger partial charge in [0.1, 0.15) is 0 Å². The number of rotatable bonds is 3. The number of carbonyl (C=O) groups is 2. The molecule has 1 aliphatic rings. The molecule has 1 N–H and O–H groups in total. The van der Waals surface area contributed by atoms with Crippen LogP contribution in [0.5, 0.6) is 0 Å². The van der Waals surface area contributed by atoms with Crippen LogP contribution in [0, 0.1) is 6.92 Å². The van der Waals surface area contributed by atoms with Gasteiger partial charge in [0.25, 0.3) is 0 Å². The molecule has 1 unspecified atom stereocenters. The fraction of sp³-hybridized carbons (Fsp3) is 0.455. The first kappa shape index (κ1) is 11.3. The lowest BCUT2D eigenvalue weighted by atomic mass is 10.2. The van der Waals surface area contributed by atoms with E-state index >= 15 is 0 Å². The largest absolute Gasteiger partial charge is 0.301 e. The maximum Gasteiger partial charge on any atom is 0.246 e. The van der Waals surface area contributed by atoms with E-state index in [9.17, 15) is 9.59 Å². The standard InChI is InChI=1S/C11H14N2O2S/c1-7-5-16-6-8(7)4-12-9-3-10(14)13(2)11(9)15/h5-6,9,12H,3-4H2,1-2H3. The first-order valence-corrected chi connectivity index (χ1v) is 6.09. The number of thiophene rings is 1. The first-order chi connectivity index (χ1) is 7.59. The molecule has 2 rings (SSSR count). The molecule has 0 radical (unpaired) electrons. The maximum absolute atomic E-state index is 11.6. The highest BCUT2D eigenvalue weighted by Gasteiger charge is 2.35. The molecule has 5 heteroatoms. The second-order valence-corrected chi connectivity index (χ2v) is 4.75. The van der Waals surface area contributed by atoms with Crippen LogP contribution in [0.15, 0.2) is 10.8 Å². The van der Waals surface area contributed by atoms with Crippen molar-refractivity contribution in [2.45, 2.75) is 25.9 Å². The fourth-order valence-electron chi connectivity index (χ4n) is 1.72. The minimum atomic E-state index is -0.350. The Labute approximate surface area is 98.3 Å². The Kier molecular flexibility index (Phi) is 3.07. The highest BCUT2D eigenvalue weighted by atomic mass is 32.1. The number of hydrogen-bond donors (Lipinski definition) is 1. The molecule has 1 atom stereocenters. The van der Waals surface area contributed by atoms with E-state index < -0.39 is 0 Å². The summed E-state index contributed by atoms with van der Waals surface area (Å²) in [6, 6.07) is -0.350. The minimum Gasteiger partial charge on any atom is -0.301 e. The molecular weight excluding hydrogens is 224 g/mol. The van der Waals surface area contributed by atoms with Gasteiger partial charge in [0.15, 0.2) is 0 Å². The number of nitrogens with one attached hydrogen (secondary N) is 1. The predicted octanol–water partition coefficient (Wildman–Crippen LogP) is 0.903. The van der Waals surface area contributed by atoms with Crippen LogP contribution in [-0.4, -0.2) is 29.8 Å². The molecule has 1 aromatic rings. The SMILES string of the molecule is Cc1cscc1CNC1CC(=O)N(C)C1=O. The van der Waals surface area contributed by atoms with Crippen LogP contribution in [-0.2, 0) is 16.1 Å². The van der Waals surface area contributed by atoms with Crippen LogP contribution in [0.3, 0.4) is 0 Å². The third-order valence-electron chi connectivity index (χ3n) is 2.88. The van der Waals surface area contributed by atoms with Crippen molar-refractivity contribution >= 4 is 23.2 Å². The number of carbonyl (C=O) groups excluding carboxylic acids is 2. The van der Waals surface area contributed by atoms with Crippen molar-refractivity contribution in [2.24, 2.45) is 0 Å². The second-order valence-electron chi connectivity index (χ2n) is 4.01. The summed E-state index contributed by atoms with van der Waals surface area (Å²) in [7, 11) is 1.53. The fourth-order valence-corrected chi connectivity index (χ4v) is 2.57. The van der Waals surface area contributed by atoms with Gasteiger partial charge >= 0.3 is 0 Å². The molecule has 2 amide bonds. The molecule has 2 heterocycles. The molecule has 1 fully saturated rings. The number of likely N-dealkylation sites (N-methyl/N-ethyl adjacent to an activating group) is 1. The van der Waals surface area contributed by atoms with Crippen LogP contribution in [0.1, 0.15) is 17.5 Å². The Morgan fingerprint density at radius 2 is 2.25 bits per heavy atom. The van der Waals surface area contributed by atoms with E-state index in [0.29, 0.717) is 6.54 Å². The number of amides is 2. The van der Waals surface area contributed by atoms with Gasteiger partial charge in [-0.1, -0.05) is 0 Å². The summed E-state index contributed by atoms with van der Waals surface area (Å²) in [6.45, 7) is 2.69. The zero-order chi connectivity index (χ0) is 11.7. The Bertz CT molecular complexity index is 427. The van der Waals surface area contributed by atoms with E-state index in [4.69, 9.17) is 0 Å². The van der Waals surface area contributed by atoms with Gasteiger partial charge < -0.3 is 5.32 Å². The van der Waals surface area contributed by atoms with Gasteiger partial charge in [-0.25, -0.2) is 0 Å². The lowest BCUT2D eigenvalue weighted by Gasteiger charge is -2.10. The van der Waals surface area contributed by atoms with Crippen molar-refractivity contribution in [2.75, 3.05) is 7.05 Å². The molecule has 16 heavy (non-hydrogen) atoms. The lowest BCUT2D eigenvalue weighted by Crippen LogP contribution is -2.36. The third kappa shape index (κ3) is 2.01. The number of nitrogens with zero attached hydrogens (tertiary/aromatic N) is 1. The third-order valence-corrected chi connectivity index (χ3v) is 3.79. The van der Waals surface area contributed by atoms with Gasteiger partial charge in [0.05, 0.1) is 12.5 Å². The molecule has 4 nitrogen and oxygen atoms in total. The first-order valence-electron chi connectivity index (χ1n) is 5.15. The van der Waals surface area contributed by atoms with Crippen molar-refractivity contribution in [3.63, 3.8) is 0 Å². The number of aryl methyl sites for hydroxylation is 1. The Balaban J connectivity index is 1.95. The van der Waals surface area contributed by atoms with Crippen molar-refractivity contribution in [1.29, 1.82) is 0 Å². The summed E-state index contributed by atoms with van der Waals surface area (Å²) in [6.07, 6.45) is 0.276. The Morgan fingerprint density at radius 3 is 2.75 bits per heavy atom. The van der Waals surface area contributed by atoms with E-state index in [0.717, 1.165) is 0 Å². The van der Waals surface area contributed by atoms with Gasteiger partial charge in [0, 0.05) is 13.6 Å². The van der Waals surface area contributed by atoms with E-state index in [1.807, 2.05) is 6.92 Å². The predicted molar refractivity (Wildman–Crippen MR) is 62.1 cm³/mol.